The van der Waals surface area contributed by atoms with Crippen molar-refractivity contribution in [2.75, 3.05) is 18.4 Å². The van der Waals surface area contributed by atoms with Gasteiger partial charge in [-0.15, -0.1) is 11.3 Å². The molecule has 0 atom stereocenters. The van der Waals surface area contributed by atoms with Crippen molar-refractivity contribution in [1.82, 2.24) is 9.29 Å². The van der Waals surface area contributed by atoms with E-state index in [1.54, 1.807) is 24.3 Å². The van der Waals surface area contributed by atoms with E-state index in [-0.39, 0.29) is 10.8 Å². The number of carbonyl (C=O) groups is 1. The maximum atomic E-state index is 12.8. The van der Waals surface area contributed by atoms with Gasteiger partial charge in [0.25, 0.3) is 5.91 Å². The summed E-state index contributed by atoms with van der Waals surface area (Å²) in [6.45, 7) is 4.71. The van der Waals surface area contributed by atoms with E-state index in [4.69, 9.17) is 5.26 Å². The number of carbonyl (C=O) groups excluding carboxylic acids is 1. The summed E-state index contributed by atoms with van der Waals surface area (Å²) < 4.78 is 27.1. The van der Waals surface area contributed by atoms with E-state index in [2.05, 4.69) is 16.4 Å². The van der Waals surface area contributed by atoms with Crippen LogP contribution in [0.1, 0.15) is 42.6 Å². The standard InChI is InChI=1S/C23H24N4O3S2/c1-3-5-14-27(4-2)32(29,30)20-12-10-19(11-13-20)22(28)26-23-25-21(16-31-23)18-8-6-17(15-24)7-9-18/h6-13,16H,3-5,14H2,1-2H3,(H,25,26,28). The zero-order chi connectivity index (χ0) is 23.1. The van der Waals surface area contributed by atoms with E-state index in [0.717, 1.165) is 18.4 Å². The molecule has 0 aliphatic carbocycles. The van der Waals surface area contributed by atoms with Gasteiger partial charge in [-0.25, -0.2) is 13.4 Å². The van der Waals surface area contributed by atoms with E-state index < -0.39 is 10.0 Å². The van der Waals surface area contributed by atoms with Crippen LogP contribution in [0.4, 0.5) is 5.13 Å². The minimum absolute atomic E-state index is 0.171. The maximum Gasteiger partial charge on any atom is 0.257 e. The zero-order valence-corrected chi connectivity index (χ0v) is 19.5. The van der Waals surface area contributed by atoms with Gasteiger partial charge in [0.05, 0.1) is 22.2 Å². The first-order chi connectivity index (χ1) is 15.4. The van der Waals surface area contributed by atoms with Crippen LogP contribution in [0.3, 0.4) is 0 Å². The number of sulfonamides is 1. The van der Waals surface area contributed by atoms with Crippen LogP contribution in [-0.2, 0) is 10.0 Å². The fourth-order valence-electron chi connectivity index (χ4n) is 3.06. The SMILES string of the molecule is CCCCN(CC)S(=O)(=O)c1ccc(C(=O)Nc2nc(-c3ccc(C#N)cc3)cs2)cc1. The van der Waals surface area contributed by atoms with Gasteiger partial charge in [0.1, 0.15) is 0 Å². The Bertz CT molecular complexity index is 1210. The number of hydrogen-bond acceptors (Lipinski definition) is 6. The molecule has 0 saturated carbocycles. The van der Waals surface area contributed by atoms with Gasteiger partial charge < -0.3 is 0 Å². The molecule has 3 aromatic rings. The third-order valence-corrected chi connectivity index (χ3v) is 7.65. The van der Waals surface area contributed by atoms with E-state index in [1.807, 2.05) is 19.2 Å². The smallest absolute Gasteiger partial charge is 0.257 e. The third-order valence-electron chi connectivity index (χ3n) is 4.90. The normalized spacial score (nSPS) is 11.3. The summed E-state index contributed by atoms with van der Waals surface area (Å²) >= 11 is 1.29. The first-order valence-corrected chi connectivity index (χ1v) is 12.6. The Hall–Kier alpha value is -3.06. The topological polar surface area (TPSA) is 103 Å². The average molecular weight is 469 g/mol. The number of thiazole rings is 1. The highest BCUT2D eigenvalue weighted by molar-refractivity contribution is 7.89. The number of aromatic nitrogens is 1. The molecule has 32 heavy (non-hydrogen) atoms. The minimum Gasteiger partial charge on any atom is -0.298 e. The zero-order valence-electron chi connectivity index (χ0n) is 17.9. The number of nitrogens with one attached hydrogen (secondary N) is 1. The monoisotopic (exact) mass is 468 g/mol. The lowest BCUT2D eigenvalue weighted by atomic mass is 10.1. The molecule has 7 nitrogen and oxygen atoms in total. The third kappa shape index (κ3) is 5.40. The van der Waals surface area contributed by atoms with Crippen LogP contribution < -0.4 is 5.32 Å². The van der Waals surface area contributed by atoms with Gasteiger partial charge in [-0.3, -0.25) is 10.1 Å². The van der Waals surface area contributed by atoms with Crippen molar-refractivity contribution in [2.24, 2.45) is 0 Å². The number of benzene rings is 2. The van der Waals surface area contributed by atoms with Crippen molar-refractivity contribution in [1.29, 1.82) is 5.26 Å². The lowest BCUT2D eigenvalue weighted by Gasteiger charge is -2.20. The van der Waals surface area contributed by atoms with E-state index >= 15 is 0 Å². The van der Waals surface area contributed by atoms with Gasteiger partial charge in [-0.05, 0) is 42.8 Å². The van der Waals surface area contributed by atoms with Crippen molar-refractivity contribution < 1.29 is 13.2 Å². The van der Waals surface area contributed by atoms with Gasteiger partial charge in [0.15, 0.2) is 5.13 Å². The summed E-state index contributed by atoms with van der Waals surface area (Å²) in [5.74, 6) is -0.368. The maximum absolute atomic E-state index is 12.8. The van der Waals surface area contributed by atoms with Crippen LogP contribution in [0.15, 0.2) is 58.8 Å². The fraction of sp³-hybridized carbons (Fsp3) is 0.261. The minimum atomic E-state index is -3.59. The van der Waals surface area contributed by atoms with Gasteiger partial charge in [0.2, 0.25) is 10.0 Å². The summed E-state index contributed by atoms with van der Waals surface area (Å²) in [6.07, 6.45) is 1.71. The Balaban J connectivity index is 1.70. The highest BCUT2D eigenvalue weighted by Gasteiger charge is 2.22. The first kappa shape index (κ1) is 23.6. The van der Waals surface area contributed by atoms with Crippen LogP contribution in [0.5, 0.6) is 0 Å². The number of nitriles is 1. The number of anilines is 1. The molecule has 0 aliphatic rings. The molecular weight excluding hydrogens is 444 g/mol. The summed E-state index contributed by atoms with van der Waals surface area (Å²) in [4.78, 5) is 17.2. The Morgan fingerprint density at radius 1 is 1.12 bits per heavy atom. The fourth-order valence-corrected chi connectivity index (χ4v) is 5.26. The largest absolute Gasteiger partial charge is 0.298 e. The van der Waals surface area contributed by atoms with Crippen LogP contribution >= 0.6 is 11.3 Å². The van der Waals surface area contributed by atoms with E-state index in [0.29, 0.717) is 35.0 Å². The highest BCUT2D eigenvalue weighted by atomic mass is 32.2. The Morgan fingerprint density at radius 2 is 1.81 bits per heavy atom. The quantitative estimate of drug-likeness (QED) is 0.488. The van der Waals surface area contributed by atoms with Gasteiger partial charge in [-0.2, -0.15) is 9.57 Å². The van der Waals surface area contributed by atoms with Crippen molar-refractivity contribution in [3.8, 4) is 17.3 Å². The van der Waals surface area contributed by atoms with Crippen LogP contribution in [0.25, 0.3) is 11.3 Å². The van der Waals surface area contributed by atoms with Crippen molar-refractivity contribution in [2.45, 2.75) is 31.6 Å². The molecule has 0 spiro atoms. The predicted molar refractivity (Wildman–Crippen MR) is 126 cm³/mol. The molecule has 1 amide bonds. The highest BCUT2D eigenvalue weighted by Crippen LogP contribution is 2.26. The van der Waals surface area contributed by atoms with E-state index in [1.165, 1.54) is 39.9 Å². The Labute approximate surface area is 192 Å². The molecule has 1 heterocycles. The number of unbranched alkanes of at least 4 members (excludes halogenated alkanes) is 1. The van der Waals surface area contributed by atoms with Crippen LogP contribution in [-0.4, -0.2) is 36.7 Å². The Kier molecular flexibility index (Phi) is 7.75. The molecule has 0 unspecified atom stereocenters. The molecule has 0 bridgehead atoms. The molecule has 2 aromatic carbocycles. The second kappa shape index (κ2) is 10.5. The van der Waals surface area contributed by atoms with E-state index in [9.17, 15) is 13.2 Å². The lowest BCUT2D eigenvalue weighted by molar-refractivity contribution is 0.102. The summed E-state index contributed by atoms with van der Waals surface area (Å²) in [7, 11) is -3.59. The Morgan fingerprint density at radius 3 is 2.41 bits per heavy atom. The van der Waals surface area contributed by atoms with Gasteiger partial charge in [0, 0.05) is 29.6 Å². The molecule has 0 fully saturated rings. The van der Waals surface area contributed by atoms with Crippen LogP contribution in [0.2, 0.25) is 0 Å². The molecule has 1 N–H and O–H groups in total. The molecule has 0 aliphatic heterocycles. The number of hydrogen-bond donors (Lipinski definition) is 1. The molecule has 9 heteroatoms. The second-order valence-electron chi connectivity index (χ2n) is 7.06. The molecule has 166 valence electrons. The second-order valence-corrected chi connectivity index (χ2v) is 9.85. The summed E-state index contributed by atoms with van der Waals surface area (Å²) in [5, 5.41) is 13.9. The summed E-state index contributed by atoms with van der Waals surface area (Å²) in [5.41, 5.74) is 2.45. The predicted octanol–water partition coefficient (Wildman–Crippen LogP) is 4.74. The molecule has 3 rings (SSSR count). The molecular formula is C23H24N4O3S2. The van der Waals surface area contributed by atoms with Crippen LogP contribution in [0, 0.1) is 11.3 Å². The van der Waals surface area contributed by atoms with Crippen molar-refractivity contribution in [3.63, 3.8) is 0 Å². The molecule has 1 aromatic heterocycles. The number of nitrogens with zero attached hydrogens (tertiary/aromatic N) is 3. The first-order valence-electron chi connectivity index (χ1n) is 10.3. The molecule has 0 saturated heterocycles. The summed E-state index contributed by atoms with van der Waals surface area (Å²) in [6, 6.07) is 15.0. The van der Waals surface area contributed by atoms with Crippen molar-refractivity contribution >= 4 is 32.4 Å². The van der Waals surface area contributed by atoms with Gasteiger partial charge in [-0.1, -0.05) is 32.4 Å². The average Bonchev–Trinajstić information content (AvgIpc) is 3.28. The number of rotatable bonds is 9. The molecule has 0 radical (unpaired) electrons. The number of amides is 1. The lowest BCUT2D eigenvalue weighted by Crippen LogP contribution is -2.31. The van der Waals surface area contributed by atoms with Gasteiger partial charge >= 0.3 is 0 Å². The van der Waals surface area contributed by atoms with Crippen molar-refractivity contribution in [3.05, 3.63) is 65.0 Å².